The molecule has 1 heterocycles. The molecule has 1 unspecified atom stereocenters. The first-order valence-electron chi connectivity index (χ1n) is 5.73. The molecule has 1 aliphatic heterocycles. The Morgan fingerprint density at radius 2 is 2.38 bits per heavy atom. The summed E-state index contributed by atoms with van der Waals surface area (Å²) in [5.41, 5.74) is 13.8. The molecule has 0 bridgehead atoms. The van der Waals surface area contributed by atoms with Crippen LogP contribution in [0.1, 0.15) is 13.8 Å². The minimum Gasteiger partial charge on any atom is -0.402 e. The number of likely N-dealkylation sites (N-methyl/N-ethyl adjacent to an activating group) is 1. The van der Waals surface area contributed by atoms with Gasteiger partial charge in [-0.3, -0.25) is 16.0 Å². The van der Waals surface area contributed by atoms with Gasteiger partial charge in [0, 0.05) is 30.4 Å². The molecule has 0 saturated carbocycles. The van der Waals surface area contributed by atoms with Gasteiger partial charge in [-0.1, -0.05) is 19.9 Å². The number of nitrogens with one attached hydrogen (secondary N) is 2. The van der Waals surface area contributed by atoms with Gasteiger partial charge in [-0.2, -0.15) is 0 Å². The first-order chi connectivity index (χ1) is 7.56. The summed E-state index contributed by atoms with van der Waals surface area (Å²) >= 11 is 0. The van der Waals surface area contributed by atoms with E-state index in [9.17, 15) is 0 Å². The maximum Gasteiger partial charge on any atom is 0.150 e. The van der Waals surface area contributed by atoms with Gasteiger partial charge in [-0.15, -0.1) is 0 Å². The number of hydrogen-bond acceptors (Lipinski definition) is 5. The zero-order chi connectivity index (χ0) is 12.1. The fourth-order valence-corrected chi connectivity index (χ4v) is 1.84. The first-order valence-corrected chi connectivity index (χ1v) is 5.73. The summed E-state index contributed by atoms with van der Waals surface area (Å²) < 4.78 is 0. The Kier molecular flexibility index (Phi) is 4.92. The van der Waals surface area contributed by atoms with Crippen LogP contribution >= 0.6 is 0 Å². The summed E-state index contributed by atoms with van der Waals surface area (Å²) in [7, 11) is 1.90. The number of nitrogens with zero attached hydrogens (tertiary/aromatic N) is 1. The predicted octanol–water partition coefficient (Wildman–Crippen LogP) is -0.393. The Morgan fingerprint density at radius 1 is 1.69 bits per heavy atom. The largest absolute Gasteiger partial charge is 0.402 e. The van der Waals surface area contributed by atoms with E-state index in [1.807, 2.05) is 13.1 Å². The van der Waals surface area contributed by atoms with Crippen LogP contribution in [0.25, 0.3) is 0 Å². The molecule has 92 valence electrons. The van der Waals surface area contributed by atoms with Gasteiger partial charge in [0.1, 0.15) is 0 Å². The van der Waals surface area contributed by atoms with Crippen molar-refractivity contribution in [2.45, 2.75) is 20.1 Å². The Hall–Kier alpha value is -0.910. The fourth-order valence-electron chi connectivity index (χ4n) is 1.84. The molecule has 6 N–H and O–H groups in total. The zero-order valence-electron chi connectivity index (χ0n) is 10.3. The molecule has 0 aromatic heterocycles. The molecule has 0 fully saturated rings. The van der Waals surface area contributed by atoms with Crippen molar-refractivity contribution in [2.75, 3.05) is 20.1 Å². The smallest absolute Gasteiger partial charge is 0.150 e. The summed E-state index contributed by atoms with van der Waals surface area (Å²) in [5, 5.41) is 6.17. The van der Waals surface area contributed by atoms with Crippen LogP contribution in [0.4, 0.5) is 0 Å². The Morgan fingerprint density at radius 3 is 2.94 bits per heavy atom. The molecule has 2 atom stereocenters. The van der Waals surface area contributed by atoms with E-state index >= 15 is 0 Å². The van der Waals surface area contributed by atoms with Crippen molar-refractivity contribution in [3.8, 4) is 0 Å². The Bertz CT molecular complexity index is 282. The number of rotatable bonds is 4. The summed E-state index contributed by atoms with van der Waals surface area (Å²) in [6.07, 6.45) is 1.71. The number of aliphatic imine (C=N–C) groups is 1. The highest BCUT2D eigenvalue weighted by Crippen LogP contribution is 2.17. The molecular weight excluding hydrogens is 202 g/mol. The predicted molar refractivity (Wildman–Crippen MR) is 67.9 cm³/mol. The highest BCUT2D eigenvalue weighted by molar-refractivity contribution is 5.91. The van der Waals surface area contributed by atoms with E-state index in [0.717, 1.165) is 24.5 Å². The van der Waals surface area contributed by atoms with E-state index in [4.69, 9.17) is 11.5 Å². The number of hydrogen-bond donors (Lipinski definition) is 4. The van der Waals surface area contributed by atoms with Gasteiger partial charge >= 0.3 is 0 Å². The summed E-state index contributed by atoms with van der Waals surface area (Å²) in [5.74, 6) is 0.549. The highest BCUT2D eigenvalue weighted by atomic mass is 15.2. The average Bonchev–Trinajstić information content (AvgIpc) is 2.25. The maximum absolute atomic E-state index is 6.07. The first kappa shape index (κ1) is 13.2. The van der Waals surface area contributed by atoms with Crippen LogP contribution in [-0.2, 0) is 0 Å². The second-order valence-corrected chi connectivity index (χ2v) is 4.38. The molecule has 1 rings (SSSR count). The maximum atomic E-state index is 6.07. The molecule has 0 amide bonds. The minimum absolute atomic E-state index is 0.174. The third-order valence-corrected chi connectivity index (χ3v) is 2.71. The lowest BCUT2D eigenvalue weighted by Gasteiger charge is -2.29. The third kappa shape index (κ3) is 3.30. The van der Waals surface area contributed by atoms with E-state index in [1.165, 1.54) is 0 Å². The van der Waals surface area contributed by atoms with Crippen LogP contribution < -0.4 is 22.1 Å². The highest BCUT2D eigenvalue weighted by Gasteiger charge is 2.26. The lowest BCUT2D eigenvalue weighted by Crippen LogP contribution is -2.48. The van der Waals surface area contributed by atoms with Crippen LogP contribution in [0.2, 0.25) is 0 Å². The van der Waals surface area contributed by atoms with Gasteiger partial charge in [0.25, 0.3) is 0 Å². The average molecular weight is 225 g/mol. The molecule has 0 aromatic rings. The van der Waals surface area contributed by atoms with E-state index in [1.54, 1.807) is 0 Å². The second kappa shape index (κ2) is 5.98. The lowest BCUT2D eigenvalue weighted by atomic mass is 9.90. The molecule has 0 saturated heterocycles. The van der Waals surface area contributed by atoms with Gasteiger partial charge < -0.3 is 11.1 Å². The van der Waals surface area contributed by atoms with Gasteiger partial charge in [0.05, 0.1) is 0 Å². The van der Waals surface area contributed by atoms with Crippen LogP contribution in [0.5, 0.6) is 0 Å². The Labute approximate surface area is 97.4 Å². The van der Waals surface area contributed by atoms with Crippen LogP contribution in [-0.4, -0.2) is 32.1 Å². The normalized spacial score (nSPS) is 27.1. The van der Waals surface area contributed by atoms with E-state index < -0.39 is 0 Å². The van der Waals surface area contributed by atoms with E-state index in [2.05, 4.69) is 29.5 Å². The minimum atomic E-state index is -0.286. The lowest BCUT2D eigenvalue weighted by molar-refractivity contribution is 0.478. The van der Waals surface area contributed by atoms with Gasteiger partial charge in [0.2, 0.25) is 0 Å². The molecule has 16 heavy (non-hydrogen) atoms. The molecule has 0 aliphatic carbocycles. The molecular formula is C11H23N5. The fraction of sp³-hybridized carbons (Fsp3) is 0.727. The van der Waals surface area contributed by atoms with Crippen molar-refractivity contribution in [2.24, 2.45) is 28.3 Å². The molecule has 0 spiro atoms. The topological polar surface area (TPSA) is 88.5 Å². The van der Waals surface area contributed by atoms with Crippen molar-refractivity contribution >= 4 is 5.71 Å². The standard InChI is InChI=1S/C11H23N5/c1-7(2)10-8(6-15-11(13)16-10)9(12)4-5-14-3/h4,7-8,11,14-15H,5-6,12-13H2,1-3H3/b9-4-/t8-,11?/m1/s1. The monoisotopic (exact) mass is 225 g/mol. The molecule has 5 nitrogen and oxygen atoms in total. The van der Waals surface area contributed by atoms with Crippen molar-refractivity contribution in [3.05, 3.63) is 11.8 Å². The molecule has 5 heteroatoms. The van der Waals surface area contributed by atoms with E-state index in [0.29, 0.717) is 5.92 Å². The molecule has 0 aromatic carbocycles. The zero-order valence-corrected chi connectivity index (χ0v) is 10.3. The SMILES string of the molecule is CNC/C=C(\N)[C@H]1CNC(N)N=C1C(C)C. The van der Waals surface area contributed by atoms with E-state index in [-0.39, 0.29) is 12.2 Å². The van der Waals surface area contributed by atoms with Crippen molar-refractivity contribution in [3.63, 3.8) is 0 Å². The third-order valence-electron chi connectivity index (χ3n) is 2.71. The summed E-state index contributed by atoms with van der Waals surface area (Å²) in [6.45, 7) is 5.79. The van der Waals surface area contributed by atoms with Gasteiger partial charge in [-0.25, -0.2) is 0 Å². The number of nitrogens with two attached hydrogens (primary N) is 2. The summed E-state index contributed by atoms with van der Waals surface area (Å²) in [4.78, 5) is 4.43. The Balaban J connectivity index is 2.82. The quantitative estimate of drug-likeness (QED) is 0.524. The van der Waals surface area contributed by atoms with Crippen LogP contribution in [0.3, 0.4) is 0 Å². The second-order valence-electron chi connectivity index (χ2n) is 4.38. The van der Waals surface area contributed by atoms with Crippen LogP contribution in [0, 0.1) is 11.8 Å². The van der Waals surface area contributed by atoms with Crippen molar-refractivity contribution in [1.82, 2.24) is 10.6 Å². The van der Waals surface area contributed by atoms with Crippen molar-refractivity contribution < 1.29 is 0 Å². The summed E-state index contributed by atoms with van der Waals surface area (Å²) in [6, 6.07) is 0. The van der Waals surface area contributed by atoms with Gasteiger partial charge in [0.15, 0.2) is 6.29 Å². The van der Waals surface area contributed by atoms with Crippen LogP contribution in [0.15, 0.2) is 16.8 Å². The van der Waals surface area contributed by atoms with Gasteiger partial charge in [-0.05, 0) is 13.0 Å². The molecule has 0 radical (unpaired) electrons. The molecule has 1 aliphatic rings. The van der Waals surface area contributed by atoms with Crippen molar-refractivity contribution in [1.29, 1.82) is 0 Å².